The highest BCUT2D eigenvalue weighted by molar-refractivity contribution is 6.31. The predicted octanol–water partition coefficient (Wildman–Crippen LogP) is 3.25. The Balaban J connectivity index is 2.07. The van der Waals surface area contributed by atoms with E-state index in [1.807, 2.05) is 25.1 Å². The van der Waals surface area contributed by atoms with Crippen LogP contribution in [0.3, 0.4) is 0 Å². The Kier molecular flexibility index (Phi) is 2.92. The average Bonchev–Trinajstić information content (AvgIpc) is 2.72. The van der Waals surface area contributed by atoms with Crippen LogP contribution in [0.1, 0.15) is 11.3 Å². The molecular weight excluding hydrogens is 212 g/mol. The summed E-state index contributed by atoms with van der Waals surface area (Å²) in [5.74, 6) is 0.868. The molecule has 0 spiro atoms. The molecule has 0 bridgehead atoms. The van der Waals surface area contributed by atoms with Gasteiger partial charge in [-0.25, -0.2) is 4.98 Å². The van der Waals surface area contributed by atoms with Crippen molar-refractivity contribution in [3.05, 3.63) is 47.1 Å². The Morgan fingerprint density at radius 2 is 2.40 bits per heavy atom. The first-order valence-corrected chi connectivity index (χ1v) is 5.02. The maximum Gasteiger partial charge on any atom is 0.152 e. The number of nitrogens with one attached hydrogen (secondary N) is 1. The van der Waals surface area contributed by atoms with Crippen molar-refractivity contribution >= 4 is 17.3 Å². The van der Waals surface area contributed by atoms with Gasteiger partial charge in [0, 0.05) is 6.20 Å². The lowest BCUT2D eigenvalue weighted by molar-refractivity contribution is 0.518. The summed E-state index contributed by atoms with van der Waals surface area (Å²) in [5, 5.41) is 3.65. The molecule has 0 unspecified atom stereocenters. The van der Waals surface area contributed by atoms with Crippen molar-refractivity contribution in [3.8, 4) is 0 Å². The first kappa shape index (κ1) is 10.1. The van der Waals surface area contributed by atoms with Crippen molar-refractivity contribution in [1.82, 2.24) is 4.98 Å². The minimum absolute atomic E-state index is 0.479. The monoisotopic (exact) mass is 222 g/mol. The summed E-state index contributed by atoms with van der Waals surface area (Å²) in [6.07, 6.45) is 3.38. The van der Waals surface area contributed by atoms with E-state index >= 15 is 0 Å². The zero-order chi connectivity index (χ0) is 10.7. The molecule has 2 rings (SSSR count). The molecule has 2 aromatic heterocycles. The van der Waals surface area contributed by atoms with Gasteiger partial charge in [-0.1, -0.05) is 11.6 Å². The van der Waals surface area contributed by atoms with E-state index in [1.54, 1.807) is 12.5 Å². The lowest BCUT2D eigenvalue weighted by atomic mass is 10.3. The molecular formula is C11H11ClN2O. The van der Waals surface area contributed by atoms with Crippen LogP contribution in [0.5, 0.6) is 0 Å². The summed E-state index contributed by atoms with van der Waals surface area (Å²) in [4.78, 5) is 4.05. The van der Waals surface area contributed by atoms with E-state index in [-0.39, 0.29) is 0 Å². The molecule has 0 fully saturated rings. The van der Waals surface area contributed by atoms with Crippen LogP contribution in [-0.4, -0.2) is 4.98 Å². The third-order valence-electron chi connectivity index (χ3n) is 2.01. The van der Waals surface area contributed by atoms with Gasteiger partial charge >= 0.3 is 0 Å². The standard InChI is InChI=1S/C11H11ClN2O/c1-8-5-10(11(12)14-6-8)13-7-9-3-2-4-15-9/h2-6,13H,7H2,1H3. The molecule has 4 heteroatoms. The van der Waals surface area contributed by atoms with E-state index in [4.69, 9.17) is 16.0 Å². The summed E-state index contributed by atoms with van der Waals surface area (Å²) >= 11 is 5.93. The molecule has 3 nitrogen and oxygen atoms in total. The molecule has 2 heterocycles. The van der Waals surface area contributed by atoms with E-state index in [9.17, 15) is 0 Å². The Morgan fingerprint density at radius 1 is 1.53 bits per heavy atom. The number of furan rings is 1. The topological polar surface area (TPSA) is 38.1 Å². The van der Waals surface area contributed by atoms with Gasteiger partial charge in [0.05, 0.1) is 18.5 Å². The fourth-order valence-electron chi connectivity index (χ4n) is 1.27. The van der Waals surface area contributed by atoms with Crippen molar-refractivity contribution < 1.29 is 4.42 Å². The smallest absolute Gasteiger partial charge is 0.152 e. The van der Waals surface area contributed by atoms with Crippen LogP contribution in [0.4, 0.5) is 5.69 Å². The minimum Gasteiger partial charge on any atom is -0.467 e. The Morgan fingerprint density at radius 3 is 3.13 bits per heavy atom. The predicted molar refractivity (Wildman–Crippen MR) is 60.0 cm³/mol. The average molecular weight is 223 g/mol. The molecule has 2 aromatic rings. The number of halogens is 1. The Labute approximate surface area is 93.1 Å². The summed E-state index contributed by atoms with van der Waals surface area (Å²) < 4.78 is 5.20. The molecule has 0 aliphatic heterocycles. The van der Waals surface area contributed by atoms with Gasteiger partial charge in [-0.2, -0.15) is 0 Å². The van der Waals surface area contributed by atoms with Crippen molar-refractivity contribution in [3.63, 3.8) is 0 Å². The van der Waals surface area contributed by atoms with Crippen LogP contribution in [0.15, 0.2) is 35.1 Å². The zero-order valence-electron chi connectivity index (χ0n) is 8.33. The lowest BCUT2D eigenvalue weighted by Gasteiger charge is -2.06. The van der Waals surface area contributed by atoms with Crippen molar-refractivity contribution in [2.75, 3.05) is 5.32 Å². The number of aryl methyl sites for hydroxylation is 1. The van der Waals surface area contributed by atoms with Gasteiger partial charge in [0.15, 0.2) is 5.15 Å². The lowest BCUT2D eigenvalue weighted by Crippen LogP contribution is -1.99. The van der Waals surface area contributed by atoms with E-state index in [0.717, 1.165) is 17.0 Å². The summed E-state index contributed by atoms with van der Waals surface area (Å²) in [7, 11) is 0. The number of pyridine rings is 1. The second-order valence-electron chi connectivity index (χ2n) is 3.28. The number of anilines is 1. The van der Waals surface area contributed by atoms with Crippen LogP contribution >= 0.6 is 11.6 Å². The van der Waals surface area contributed by atoms with Crippen LogP contribution in [-0.2, 0) is 6.54 Å². The summed E-state index contributed by atoms with van der Waals surface area (Å²) in [5.41, 5.74) is 1.90. The highest BCUT2D eigenvalue weighted by Gasteiger charge is 2.02. The zero-order valence-corrected chi connectivity index (χ0v) is 9.08. The molecule has 0 amide bonds. The SMILES string of the molecule is Cc1cnc(Cl)c(NCc2ccco2)c1. The first-order chi connectivity index (χ1) is 7.25. The van der Waals surface area contributed by atoms with Gasteiger partial charge in [-0.05, 0) is 30.7 Å². The quantitative estimate of drug-likeness (QED) is 0.811. The van der Waals surface area contributed by atoms with Crippen LogP contribution in [0.2, 0.25) is 5.15 Å². The molecule has 78 valence electrons. The number of nitrogens with zero attached hydrogens (tertiary/aromatic N) is 1. The fourth-order valence-corrected chi connectivity index (χ4v) is 1.44. The van der Waals surface area contributed by atoms with Crippen LogP contribution < -0.4 is 5.32 Å². The molecule has 15 heavy (non-hydrogen) atoms. The van der Waals surface area contributed by atoms with E-state index < -0.39 is 0 Å². The minimum atomic E-state index is 0.479. The van der Waals surface area contributed by atoms with E-state index in [0.29, 0.717) is 11.7 Å². The van der Waals surface area contributed by atoms with Crippen molar-refractivity contribution in [2.24, 2.45) is 0 Å². The number of hydrogen-bond acceptors (Lipinski definition) is 3. The molecule has 0 saturated carbocycles. The number of hydrogen-bond donors (Lipinski definition) is 1. The largest absolute Gasteiger partial charge is 0.467 e. The van der Waals surface area contributed by atoms with Gasteiger partial charge in [-0.3, -0.25) is 0 Å². The third-order valence-corrected chi connectivity index (χ3v) is 2.31. The van der Waals surface area contributed by atoms with Crippen LogP contribution in [0.25, 0.3) is 0 Å². The highest BCUT2D eigenvalue weighted by atomic mass is 35.5. The van der Waals surface area contributed by atoms with Crippen molar-refractivity contribution in [1.29, 1.82) is 0 Å². The van der Waals surface area contributed by atoms with Gasteiger partial charge in [0.2, 0.25) is 0 Å². The third kappa shape index (κ3) is 2.50. The van der Waals surface area contributed by atoms with Gasteiger partial charge < -0.3 is 9.73 Å². The van der Waals surface area contributed by atoms with Gasteiger partial charge in [0.1, 0.15) is 5.76 Å². The van der Waals surface area contributed by atoms with Crippen LogP contribution in [0, 0.1) is 6.92 Å². The van der Waals surface area contributed by atoms with E-state index in [2.05, 4.69) is 10.3 Å². The summed E-state index contributed by atoms with van der Waals surface area (Å²) in [6.45, 7) is 2.58. The summed E-state index contributed by atoms with van der Waals surface area (Å²) in [6, 6.07) is 5.72. The van der Waals surface area contributed by atoms with Crippen molar-refractivity contribution in [2.45, 2.75) is 13.5 Å². The normalized spacial score (nSPS) is 10.3. The Bertz CT molecular complexity index is 440. The number of rotatable bonds is 3. The maximum atomic E-state index is 5.93. The Hall–Kier alpha value is -1.48. The molecule has 0 saturated heterocycles. The van der Waals surface area contributed by atoms with E-state index in [1.165, 1.54) is 0 Å². The second kappa shape index (κ2) is 4.36. The fraction of sp³-hybridized carbons (Fsp3) is 0.182. The molecule has 1 N–H and O–H groups in total. The molecule has 0 atom stereocenters. The first-order valence-electron chi connectivity index (χ1n) is 4.64. The molecule has 0 aromatic carbocycles. The maximum absolute atomic E-state index is 5.93. The molecule has 0 aliphatic carbocycles. The molecule has 0 aliphatic rings. The molecule has 0 radical (unpaired) electrons. The van der Waals surface area contributed by atoms with Gasteiger partial charge in [-0.15, -0.1) is 0 Å². The highest BCUT2D eigenvalue weighted by Crippen LogP contribution is 2.20. The second-order valence-corrected chi connectivity index (χ2v) is 3.64. The van der Waals surface area contributed by atoms with Gasteiger partial charge in [0.25, 0.3) is 0 Å². The number of aromatic nitrogens is 1.